The molecule has 1 fully saturated rings. The smallest absolute Gasteiger partial charge is 0.255 e. The van der Waals surface area contributed by atoms with E-state index in [0.717, 1.165) is 16.6 Å². The molecule has 3 aromatic rings. The minimum Gasteiger partial charge on any atom is -0.361 e. The maximum atomic E-state index is 12.8. The van der Waals surface area contributed by atoms with Crippen molar-refractivity contribution in [1.29, 1.82) is 0 Å². The van der Waals surface area contributed by atoms with Crippen LogP contribution in [0.1, 0.15) is 10.4 Å². The fourth-order valence-corrected chi connectivity index (χ4v) is 4.17. The van der Waals surface area contributed by atoms with Crippen molar-refractivity contribution in [3.05, 3.63) is 66.4 Å². The molecular weight excluding hydrogens is 334 g/mol. The molecule has 2 N–H and O–H groups in total. The van der Waals surface area contributed by atoms with Crippen LogP contribution in [-0.2, 0) is 4.79 Å². The summed E-state index contributed by atoms with van der Waals surface area (Å²) in [6, 6.07) is 16.3. The number of amides is 2. The van der Waals surface area contributed by atoms with Gasteiger partial charge in [0, 0.05) is 28.4 Å². The molecule has 1 aliphatic rings. The van der Waals surface area contributed by atoms with E-state index in [1.165, 1.54) is 0 Å². The SMILES string of the molecule is O=C(Nc1cccc2[nH]ccc12)[C@@H]1CSCN1C(=O)c1ccccc1. The van der Waals surface area contributed by atoms with Crippen LogP contribution in [0.3, 0.4) is 0 Å². The summed E-state index contributed by atoms with van der Waals surface area (Å²) >= 11 is 1.60. The zero-order valence-electron chi connectivity index (χ0n) is 13.4. The van der Waals surface area contributed by atoms with E-state index < -0.39 is 6.04 Å². The Kier molecular flexibility index (Phi) is 4.19. The highest BCUT2D eigenvalue weighted by molar-refractivity contribution is 7.99. The lowest BCUT2D eigenvalue weighted by Gasteiger charge is -2.23. The maximum absolute atomic E-state index is 12.8. The first-order valence-corrected chi connectivity index (χ1v) is 9.20. The summed E-state index contributed by atoms with van der Waals surface area (Å²) in [6.45, 7) is 0. The van der Waals surface area contributed by atoms with Gasteiger partial charge in [0.05, 0.1) is 11.6 Å². The first-order chi connectivity index (χ1) is 12.2. The van der Waals surface area contributed by atoms with E-state index in [2.05, 4.69) is 10.3 Å². The molecule has 0 bridgehead atoms. The average molecular weight is 351 g/mol. The molecule has 0 unspecified atom stereocenters. The average Bonchev–Trinajstić information content (AvgIpc) is 3.31. The van der Waals surface area contributed by atoms with Crippen LogP contribution < -0.4 is 5.32 Å². The Morgan fingerprint density at radius 3 is 2.76 bits per heavy atom. The van der Waals surface area contributed by atoms with Crippen molar-refractivity contribution in [3.8, 4) is 0 Å². The van der Waals surface area contributed by atoms with Gasteiger partial charge in [-0.2, -0.15) is 0 Å². The maximum Gasteiger partial charge on any atom is 0.255 e. The lowest BCUT2D eigenvalue weighted by molar-refractivity contribution is -0.119. The van der Waals surface area contributed by atoms with Crippen LogP contribution in [0.5, 0.6) is 0 Å². The Balaban J connectivity index is 1.55. The second-order valence-electron chi connectivity index (χ2n) is 5.89. The van der Waals surface area contributed by atoms with Gasteiger partial charge in [-0.15, -0.1) is 11.8 Å². The van der Waals surface area contributed by atoms with Crippen molar-refractivity contribution in [3.63, 3.8) is 0 Å². The van der Waals surface area contributed by atoms with Crippen LogP contribution in [0, 0.1) is 0 Å². The van der Waals surface area contributed by atoms with Crippen molar-refractivity contribution in [2.45, 2.75) is 6.04 Å². The molecule has 2 amide bonds. The van der Waals surface area contributed by atoms with Crippen molar-refractivity contribution in [2.75, 3.05) is 16.9 Å². The molecule has 5 nitrogen and oxygen atoms in total. The Hall–Kier alpha value is -2.73. The standard InChI is InChI=1S/C19H17N3O2S/c23-18(21-16-8-4-7-15-14(16)9-10-20-15)17-11-25-12-22(17)19(24)13-5-2-1-3-6-13/h1-10,17,20H,11-12H2,(H,21,23)/t17-/m0/s1. The summed E-state index contributed by atoms with van der Waals surface area (Å²) in [6.07, 6.45) is 1.84. The van der Waals surface area contributed by atoms with Gasteiger partial charge in [-0.3, -0.25) is 9.59 Å². The van der Waals surface area contributed by atoms with Gasteiger partial charge in [0.2, 0.25) is 5.91 Å². The third-order valence-electron chi connectivity index (χ3n) is 4.32. The van der Waals surface area contributed by atoms with E-state index in [4.69, 9.17) is 0 Å². The van der Waals surface area contributed by atoms with E-state index >= 15 is 0 Å². The number of carbonyl (C=O) groups excluding carboxylic acids is 2. The molecule has 6 heteroatoms. The van der Waals surface area contributed by atoms with Crippen LogP contribution in [0.2, 0.25) is 0 Å². The summed E-state index contributed by atoms with van der Waals surface area (Å²) < 4.78 is 0. The van der Waals surface area contributed by atoms with Gasteiger partial charge in [0.1, 0.15) is 6.04 Å². The van der Waals surface area contributed by atoms with Crippen molar-refractivity contribution in [2.24, 2.45) is 0 Å². The summed E-state index contributed by atoms with van der Waals surface area (Å²) in [5.74, 6) is 0.877. The number of nitrogens with one attached hydrogen (secondary N) is 2. The van der Waals surface area contributed by atoms with Gasteiger partial charge in [0.25, 0.3) is 5.91 Å². The number of hydrogen-bond acceptors (Lipinski definition) is 3. The highest BCUT2D eigenvalue weighted by Crippen LogP contribution is 2.26. The number of H-pyrrole nitrogens is 1. The number of rotatable bonds is 3. The second-order valence-corrected chi connectivity index (χ2v) is 6.89. The number of carbonyl (C=O) groups is 2. The van der Waals surface area contributed by atoms with Crippen LogP contribution >= 0.6 is 11.8 Å². The van der Waals surface area contributed by atoms with E-state index in [0.29, 0.717) is 17.2 Å². The number of aromatic amines is 1. The van der Waals surface area contributed by atoms with E-state index in [1.54, 1.807) is 28.8 Å². The lowest BCUT2D eigenvalue weighted by Crippen LogP contribution is -2.44. The van der Waals surface area contributed by atoms with Crippen LogP contribution in [-0.4, -0.2) is 39.4 Å². The molecule has 1 saturated heterocycles. The first-order valence-electron chi connectivity index (χ1n) is 8.05. The highest BCUT2D eigenvalue weighted by atomic mass is 32.2. The second kappa shape index (κ2) is 6.64. The zero-order chi connectivity index (χ0) is 17.2. The number of benzene rings is 2. The minimum atomic E-state index is -0.466. The zero-order valence-corrected chi connectivity index (χ0v) is 14.3. The molecule has 2 heterocycles. The number of hydrogen-bond donors (Lipinski definition) is 2. The molecule has 1 aliphatic heterocycles. The third-order valence-corrected chi connectivity index (χ3v) is 5.33. The number of aromatic nitrogens is 1. The van der Waals surface area contributed by atoms with Crippen molar-refractivity contribution in [1.82, 2.24) is 9.88 Å². The molecule has 2 aromatic carbocycles. The summed E-state index contributed by atoms with van der Waals surface area (Å²) in [5.41, 5.74) is 2.33. The number of anilines is 1. The molecule has 4 rings (SSSR count). The summed E-state index contributed by atoms with van der Waals surface area (Å²) in [5, 5.41) is 3.94. The largest absolute Gasteiger partial charge is 0.361 e. The summed E-state index contributed by atoms with van der Waals surface area (Å²) in [7, 11) is 0. The Bertz CT molecular complexity index is 923. The van der Waals surface area contributed by atoms with Gasteiger partial charge in [-0.25, -0.2) is 0 Å². The highest BCUT2D eigenvalue weighted by Gasteiger charge is 2.35. The topological polar surface area (TPSA) is 65.2 Å². The normalized spacial score (nSPS) is 17.0. The number of fused-ring (bicyclic) bond motifs is 1. The molecule has 1 atom stereocenters. The quantitative estimate of drug-likeness (QED) is 0.761. The Morgan fingerprint density at radius 2 is 1.92 bits per heavy atom. The summed E-state index contributed by atoms with van der Waals surface area (Å²) in [4.78, 5) is 30.3. The van der Waals surface area contributed by atoms with Crippen molar-refractivity contribution >= 4 is 40.2 Å². The molecule has 1 aromatic heterocycles. The van der Waals surface area contributed by atoms with Gasteiger partial charge in [-0.1, -0.05) is 24.3 Å². The van der Waals surface area contributed by atoms with Gasteiger partial charge in [-0.05, 0) is 30.3 Å². The monoisotopic (exact) mass is 351 g/mol. The molecule has 0 radical (unpaired) electrons. The van der Waals surface area contributed by atoms with Gasteiger partial charge < -0.3 is 15.2 Å². The number of thioether (sulfide) groups is 1. The fourth-order valence-electron chi connectivity index (χ4n) is 3.02. The molecule has 25 heavy (non-hydrogen) atoms. The van der Waals surface area contributed by atoms with Gasteiger partial charge in [0.15, 0.2) is 0 Å². The molecule has 126 valence electrons. The predicted molar refractivity (Wildman–Crippen MR) is 101 cm³/mol. The minimum absolute atomic E-state index is 0.106. The Labute approximate surface area is 149 Å². The predicted octanol–water partition coefficient (Wildman–Crippen LogP) is 3.32. The molecular formula is C19H17N3O2S. The van der Waals surface area contributed by atoms with Crippen molar-refractivity contribution < 1.29 is 9.59 Å². The molecule has 0 aliphatic carbocycles. The number of nitrogens with zero attached hydrogens (tertiary/aromatic N) is 1. The van der Waals surface area contributed by atoms with E-state index in [1.807, 2.05) is 48.7 Å². The fraction of sp³-hybridized carbons (Fsp3) is 0.158. The first kappa shape index (κ1) is 15.8. The lowest BCUT2D eigenvalue weighted by atomic mass is 10.1. The Morgan fingerprint density at radius 1 is 1.08 bits per heavy atom. The van der Waals surface area contributed by atoms with E-state index in [-0.39, 0.29) is 11.8 Å². The van der Waals surface area contributed by atoms with E-state index in [9.17, 15) is 9.59 Å². The third kappa shape index (κ3) is 3.00. The molecule has 0 saturated carbocycles. The molecule has 0 spiro atoms. The van der Waals surface area contributed by atoms with Crippen LogP contribution in [0.4, 0.5) is 5.69 Å². The van der Waals surface area contributed by atoms with Crippen LogP contribution in [0.25, 0.3) is 10.9 Å². The van der Waals surface area contributed by atoms with Crippen LogP contribution in [0.15, 0.2) is 60.8 Å². The van der Waals surface area contributed by atoms with Gasteiger partial charge >= 0.3 is 0 Å².